The largest absolute Gasteiger partial charge is 0.490 e. The number of nitrogens with two attached hydrogens (primary N) is 1. The van der Waals surface area contributed by atoms with Crippen LogP contribution >= 0.6 is 0 Å². The summed E-state index contributed by atoms with van der Waals surface area (Å²) in [6, 6.07) is 5.23. The Morgan fingerprint density at radius 1 is 1.41 bits per heavy atom. The van der Waals surface area contributed by atoms with E-state index >= 15 is 0 Å². The molecule has 1 aliphatic rings. The van der Waals surface area contributed by atoms with Crippen molar-refractivity contribution in [3.05, 3.63) is 23.8 Å². The van der Waals surface area contributed by atoms with E-state index in [1.54, 1.807) is 12.1 Å². The molecule has 17 heavy (non-hydrogen) atoms. The lowest BCUT2D eigenvalue weighted by Crippen LogP contribution is -2.10. The molecule has 0 amide bonds. The van der Waals surface area contributed by atoms with Crippen molar-refractivity contribution in [3.63, 3.8) is 0 Å². The van der Waals surface area contributed by atoms with Gasteiger partial charge in [0.05, 0.1) is 18.0 Å². The maximum absolute atomic E-state index is 11.2. The van der Waals surface area contributed by atoms with Crippen LogP contribution in [0.2, 0.25) is 0 Å². The molecule has 0 aromatic heterocycles. The Kier molecular flexibility index (Phi) is 3.26. The first-order chi connectivity index (χ1) is 7.96. The van der Waals surface area contributed by atoms with Crippen molar-refractivity contribution in [1.29, 1.82) is 0 Å². The fourth-order valence-electron chi connectivity index (χ4n) is 1.50. The average Bonchev–Trinajstić information content (AvgIpc) is 2.98. The van der Waals surface area contributed by atoms with Gasteiger partial charge in [-0.3, -0.25) is 4.72 Å². The van der Waals surface area contributed by atoms with E-state index in [0.29, 0.717) is 18.0 Å². The third kappa shape index (κ3) is 3.90. The van der Waals surface area contributed by atoms with Gasteiger partial charge >= 0.3 is 0 Å². The van der Waals surface area contributed by atoms with E-state index in [1.165, 1.54) is 0 Å². The van der Waals surface area contributed by atoms with Crippen LogP contribution in [0.4, 0.5) is 5.69 Å². The Labute approximate surface area is 101 Å². The summed E-state index contributed by atoms with van der Waals surface area (Å²) in [5.74, 6) is 0.668. The summed E-state index contributed by atoms with van der Waals surface area (Å²) in [6.45, 7) is 0.348. The normalized spacial score (nSPS) is 15.6. The first kappa shape index (κ1) is 12.2. The molecule has 6 heteroatoms. The zero-order valence-electron chi connectivity index (χ0n) is 9.64. The van der Waals surface area contributed by atoms with Crippen LogP contribution in [0.3, 0.4) is 0 Å². The molecule has 1 fully saturated rings. The van der Waals surface area contributed by atoms with E-state index in [4.69, 9.17) is 10.5 Å². The zero-order valence-corrected chi connectivity index (χ0v) is 10.5. The third-order valence-corrected chi connectivity index (χ3v) is 2.94. The van der Waals surface area contributed by atoms with Crippen molar-refractivity contribution in [2.45, 2.75) is 25.5 Å². The molecular weight excluding hydrogens is 240 g/mol. The van der Waals surface area contributed by atoms with E-state index < -0.39 is 10.0 Å². The van der Waals surface area contributed by atoms with E-state index in [9.17, 15) is 8.42 Å². The number of benzene rings is 1. The number of anilines is 1. The van der Waals surface area contributed by atoms with Gasteiger partial charge in [0.2, 0.25) is 10.0 Å². The van der Waals surface area contributed by atoms with Crippen LogP contribution in [0.1, 0.15) is 18.4 Å². The van der Waals surface area contributed by atoms with E-state index in [-0.39, 0.29) is 6.10 Å². The monoisotopic (exact) mass is 256 g/mol. The van der Waals surface area contributed by atoms with Crippen LogP contribution in [0.25, 0.3) is 0 Å². The van der Waals surface area contributed by atoms with Crippen LogP contribution in [-0.4, -0.2) is 20.8 Å². The molecular formula is C11H16N2O3S. The predicted molar refractivity (Wildman–Crippen MR) is 66.4 cm³/mol. The first-order valence-corrected chi connectivity index (χ1v) is 7.34. The second kappa shape index (κ2) is 4.54. The van der Waals surface area contributed by atoms with Crippen molar-refractivity contribution in [3.8, 4) is 5.75 Å². The van der Waals surface area contributed by atoms with Gasteiger partial charge in [-0.15, -0.1) is 0 Å². The van der Waals surface area contributed by atoms with Crippen LogP contribution in [0, 0.1) is 0 Å². The highest BCUT2D eigenvalue weighted by Crippen LogP contribution is 2.29. The summed E-state index contributed by atoms with van der Waals surface area (Å²) in [5, 5.41) is 0. The highest BCUT2D eigenvalue weighted by Gasteiger charge is 2.23. The molecule has 0 bridgehead atoms. The summed E-state index contributed by atoms with van der Waals surface area (Å²) < 4.78 is 30.4. The van der Waals surface area contributed by atoms with Gasteiger partial charge in [-0.25, -0.2) is 8.42 Å². The van der Waals surface area contributed by atoms with Gasteiger partial charge in [0.15, 0.2) is 0 Å². The van der Waals surface area contributed by atoms with Gasteiger partial charge in [-0.05, 0) is 30.5 Å². The highest BCUT2D eigenvalue weighted by atomic mass is 32.2. The Morgan fingerprint density at radius 3 is 2.65 bits per heavy atom. The highest BCUT2D eigenvalue weighted by molar-refractivity contribution is 7.92. The molecule has 0 saturated heterocycles. The summed E-state index contributed by atoms with van der Waals surface area (Å²) >= 11 is 0. The van der Waals surface area contributed by atoms with Crippen molar-refractivity contribution < 1.29 is 13.2 Å². The second-order valence-corrected chi connectivity index (χ2v) is 6.01. The van der Waals surface area contributed by atoms with Gasteiger partial charge in [0.1, 0.15) is 5.75 Å². The van der Waals surface area contributed by atoms with Crippen molar-refractivity contribution in [2.24, 2.45) is 5.73 Å². The quantitative estimate of drug-likeness (QED) is 0.825. The number of nitrogens with one attached hydrogen (secondary N) is 1. The van der Waals surface area contributed by atoms with Gasteiger partial charge in [-0.1, -0.05) is 0 Å². The minimum absolute atomic E-state index is 0.272. The summed E-state index contributed by atoms with van der Waals surface area (Å²) in [4.78, 5) is 0. The molecule has 94 valence electrons. The standard InChI is InChI=1S/C11H16N2O3S/c1-17(14,15)13-9-4-8(7-12)5-11(6-9)16-10-2-3-10/h4-6,10,13H,2-3,7,12H2,1H3. The predicted octanol–water partition coefficient (Wildman–Crippen LogP) is 1.06. The minimum atomic E-state index is -3.28. The minimum Gasteiger partial charge on any atom is -0.490 e. The number of hydrogen-bond acceptors (Lipinski definition) is 4. The number of rotatable bonds is 5. The Bertz CT molecular complexity index is 509. The number of sulfonamides is 1. The maximum atomic E-state index is 11.2. The second-order valence-electron chi connectivity index (χ2n) is 4.26. The first-order valence-electron chi connectivity index (χ1n) is 5.45. The molecule has 0 aliphatic heterocycles. The molecule has 2 rings (SSSR count). The molecule has 0 atom stereocenters. The lowest BCUT2D eigenvalue weighted by Gasteiger charge is -2.10. The SMILES string of the molecule is CS(=O)(=O)Nc1cc(CN)cc(OC2CC2)c1. The zero-order chi connectivity index (χ0) is 12.5. The van der Waals surface area contributed by atoms with E-state index in [1.807, 2.05) is 6.07 Å². The Morgan fingerprint density at radius 2 is 2.12 bits per heavy atom. The summed E-state index contributed by atoms with van der Waals surface area (Å²) in [5.41, 5.74) is 6.90. The fraction of sp³-hybridized carbons (Fsp3) is 0.455. The van der Waals surface area contributed by atoms with Crippen molar-refractivity contribution >= 4 is 15.7 Å². The molecule has 1 aromatic carbocycles. The fourth-order valence-corrected chi connectivity index (χ4v) is 2.04. The van der Waals surface area contributed by atoms with Gasteiger partial charge in [0, 0.05) is 12.6 Å². The van der Waals surface area contributed by atoms with Crippen LogP contribution in [-0.2, 0) is 16.6 Å². The molecule has 1 saturated carbocycles. The van der Waals surface area contributed by atoms with Crippen LogP contribution < -0.4 is 15.2 Å². The maximum Gasteiger partial charge on any atom is 0.229 e. The van der Waals surface area contributed by atoms with E-state index in [0.717, 1.165) is 24.7 Å². The molecule has 0 heterocycles. The molecule has 0 radical (unpaired) electrons. The lowest BCUT2D eigenvalue weighted by molar-refractivity contribution is 0.303. The third-order valence-electron chi connectivity index (χ3n) is 2.33. The summed E-state index contributed by atoms with van der Waals surface area (Å²) in [6.07, 6.45) is 3.50. The van der Waals surface area contributed by atoms with Crippen molar-refractivity contribution in [2.75, 3.05) is 11.0 Å². The molecule has 0 spiro atoms. The Balaban J connectivity index is 2.24. The van der Waals surface area contributed by atoms with Crippen molar-refractivity contribution in [1.82, 2.24) is 0 Å². The molecule has 0 unspecified atom stereocenters. The molecule has 1 aliphatic carbocycles. The lowest BCUT2D eigenvalue weighted by atomic mass is 10.2. The van der Waals surface area contributed by atoms with Gasteiger partial charge in [0.25, 0.3) is 0 Å². The molecule has 3 N–H and O–H groups in total. The van der Waals surface area contributed by atoms with Gasteiger partial charge < -0.3 is 10.5 Å². The molecule has 1 aromatic rings. The number of ether oxygens (including phenoxy) is 1. The average molecular weight is 256 g/mol. The van der Waals surface area contributed by atoms with Crippen LogP contribution in [0.15, 0.2) is 18.2 Å². The van der Waals surface area contributed by atoms with E-state index in [2.05, 4.69) is 4.72 Å². The van der Waals surface area contributed by atoms with Gasteiger partial charge in [-0.2, -0.15) is 0 Å². The summed E-state index contributed by atoms with van der Waals surface area (Å²) in [7, 11) is -3.28. The molecule has 5 nitrogen and oxygen atoms in total. The number of hydrogen-bond donors (Lipinski definition) is 2. The van der Waals surface area contributed by atoms with Crippen LogP contribution in [0.5, 0.6) is 5.75 Å². The Hall–Kier alpha value is -1.27. The topological polar surface area (TPSA) is 81.4 Å². The smallest absolute Gasteiger partial charge is 0.229 e.